The van der Waals surface area contributed by atoms with Gasteiger partial charge in [0.05, 0.1) is 0 Å². The predicted molar refractivity (Wildman–Crippen MR) is 110 cm³/mol. The number of hydrogen-bond acceptors (Lipinski definition) is 3. The van der Waals surface area contributed by atoms with Crippen LogP contribution in [-0.2, 0) is 16.0 Å². The molecule has 0 aliphatic carbocycles. The lowest BCUT2D eigenvalue weighted by molar-refractivity contribution is -0.121. The second kappa shape index (κ2) is 8.25. The molecule has 3 rings (SSSR count). The first-order valence-electron chi connectivity index (χ1n) is 9.57. The van der Waals surface area contributed by atoms with Gasteiger partial charge in [-0.2, -0.15) is 0 Å². The molecule has 0 bridgehead atoms. The molecular formula is C22H27N3O2. The first kappa shape index (κ1) is 19.0. The van der Waals surface area contributed by atoms with Gasteiger partial charge < -0.3 is 15.1 Å². The zero-order valence-electron chi connectivity index (χ0n) is 16.3. The molecule has 27 heavy (non-hydrogen) atoms. The summed E-state index contributed by atoms with van der Waals surface area (Å²) in [6.45, 7) is 8.16. The molecule has 0 radical (unpaired) electrons. The third kappa shape index (κ3) is 4.13. The number of aryl methyl sites for hydroxylation is 2. The number of carbonyl (C=O) groups is 2. The van der Waals surface area contributed by atoms with E-state index in [2.05, 4.69) is 30.1 Å². The van der Waals surface area contributed by atoms with Crippen molar-refractivity contribution in [1.29, 1.82) is 0 Å². The fraction of sp³-hybridized carbons (Fsp3) is 0.364. The number of amides is 2. The van der Waals surface area contributed by atoms with Gasteiger partial charge in [0.2, 0.25) is 11.8 Å². The van der Waals surface area contributed by atoms with Crippen LogP contribution in [0, 0.1) is 6.92 Å². The smallest absolute Gasteiger partial charge is 0.244 e. The predicted octanol–water partition coefficient (Wildman–Crippen LogP) is 3.76. The molecule has 1 N–H and O–H groups in total. The fourth-order valence-corrected chi connectivity index (χ4v) is 3.58. The van der Waals surface area contributed by atoms with Gasteiger partial charge >= 0.3 is 0 Å². The van der Waals surface area contributed by atoms with E-state index in [4.69, 9.17) is 0 Å². The molecule has 0 atom stereocenters. The highest BCUT2D eigenvalue weighted by Crippen LogP contribution is 2.28. The second-order valence-corrected chi connectivity index (χ2v) is 6.83. The number of fused-ring (bicyclic) bond motifs is 1. The molecule has 0 unspecified atom stereocenters. The molecule has 2 aromatic carbocycles. The standard InChI is InChI=1S/C22H27N3O2/c1-4-24(5-2)18-11-12-19(16(3)14-18)23-21(26)15-25-20-9-7-6-8-17(20)10-13-22(25)27/h6-9,11-12,14H,4-5,10,13,15H2,1-3H3,(H,23,26). The van der Waals surface area contributed by atoms with E-state index in [0.717, 1.165) is 47.7 Å². The summed E-state index contributed by atoms with van der Waals surface area (Å²) in [5, 5.41) is 2.96. The molecule has 0 aromatic heterocycles. The monoisotopic (exact) mass is 365 g/mol. The molecule has 5 heteroatoms. The molecule has 1 aliphatic rings. The Kier molecular flexibility index (Phi) is 5.79. The minimum atomic E-state index is -0.182. The SMILES string of the molecule is CCN(CC)c1ccc(NC(=O)CN2C(=O)CCc3ccccc32)c(C)c1. The van der Waals surface area contributed by atoms with Crippen molar-refractivity contribution in [2.75, 3.05) is 34.8 Å². The molecule has 2 aromatic rings. The molecule has 1 aliphatic heterocycles. The van der Waals surface area contributed by atoms with Crippen LogP contribution in [0.15, 0.2) is 42.5 Å². The van der Waals surface area contributed by atoms with Gasteiger partial charge in [0.1, 0.15) is 6.54 Å². The minimum Gasteiger partial charge on any atom is -0.372 e. The van der Waals surface area contributed by atoms with E-state index in [1.54, 1.807) is 4.90 Å². The van der Waals surface area contributed by atoms with Gasteiger partial charge in [-0.25, -0.2) is 0 Å². The van der Waals surface area contributed by atoms with Crippen LogP contribution in [0.25, 0.3) is 0 Å². The molecule has 0 fully saturated rings. The van der Waals surface area contributed by atoms with Crippen molar-refractivity contribution in [1.82, 2.24) is 0 Å². The van der Waals surface area contributed by atoms with Crippen molar-refractivity contribution >= 4 is 28.9 Å². The molecule has 2 amide bonds. The van der Waals surface area contributed by atoms with E-state index >= 15 is 0 Å². The average molecular weight is 365 g/mol. The maximum absolute atomic E-state index is 12.6. The highest BCUT2D eigenvalue weighted by atomic mass is 16.2. The van der Waals surface area contributed by atoms with E-state index in [1.165, 1.54) is 0 Å². The summed E-state index contributed by atoms with van der Waals surface area (Å²) in [4.78, 5) is 28.8. The van der Waals surface area contributed by atoms with Crippen molar-refractivity contribution in [2.45, 2.75) is 33.6 Å². The Balaban J connectivity index is 1.72. The van der Waals surface area contributed by atoms with Crippen molar-refractivity contribution in [3.63, 3.8) is 0 Å². The van der Waals surface area contributed by atoms with Gasteiger partial charge in [-0.05, 0) is 62.6 Å². The molecule has 0 spiro atoms. The molecule has 142 valence electrons. The van der Waals surface area contributed by atoms with Crippen LogP contribution in [0.2, 0.25) is 0 Å². The maximum Gasteiger partial charge on any atom is 0.244 e. The van der Waals surface area contributed by atoms with Gasteiger partial charge in [0.15, 0.2) is 0 Å². The first-order valence-corrected chi connectivity index (χ1v) is 9.57. The molecule has 1 heterocycles. The summed E-state index contributed by atoms with van der Waals surface area (Å²) in [5.41, 5.74) is 4.91. The van der Waals surface area contributed by atoms with E-state index in [9.17, 15) is 9.59 Å². The number of benzene rings is 2. The summed E-state index contributed by atoms with van der Waals surface area (Å²) in [7, 11) is 0. The molecular weight excluding hydrogens is 338 g/mol. The van der Waals surface area contributed by atoms with Gasteiger partial charge in [-0.1, -0.05) is 18.2 Å². The third-order valence-electron chi connectivity index (χ3n) is 5.11. The molecule has 0 saturated heterocycles. The van der Waals surface area contributed by atoms with Crippen LogP contribution < -0.4 is 15.1 Å². The summed E-state index contributed by atoms with van der Waals surface area (Å²) in [6.07, 6.45) is 1.18. The summed E-state index contributed by atoms with van der Waals surface area (Å²) < 4.78 is 0. The Bertz CT molecular complexity index is 843. The van der Waals surface area contributed by atoms with Gasteiger partial charge in [-0.3, -0.25) is 9.59 Å². The third-order valence-corrected chi connectivity index (χ3v) is 5.11. The van der Waals surface area contributed by atoms with E-state index in [1.807, 2.05) is 43.3 Å². The Labute approximate surface area is 161 Å². The number of carbonyl (C=O) groups excluding carboxylic acids is 2. The zero-order chi connectivity index (χ0) is 19.4. The Morgan fingerprint density at radius 3 is 2.56 bits per heavy atom. The lowest BCUT2D eigenvalue weighted by Gasteiger charge is -2.29. The Morgan fingerprint density at radius 1 is 1.11 bits per heavy atom. The zero-order valence-corrected chi connectivity index (χ0v) is 16.3. The van der Waals surface area contributed by atoms with E-state index in [0.29, 0.717) is 6.42 Å². The van der Waals surface area contributed by atoms with Gasteiger partial charge in [0.25, 0.3) is 0 Å². The lowest BCUT2D eigenvalue weighted by Crippen LogP contribution is -2.40. The first-order chi connectivity index (χ1) is 13.0. The number of nitrogens with zero attached hydrogens (tertiary/aromatic N) is 2. The Morgan fingerprint density at radius 2 is 1.85 bits per heavy atom. The van der Waals surface area contributed by atoms with Gasteiger partial charge in [-0.15, -0.1) is 0 Å². The van der Waals surface area contributed by atoms with Crippen LogP contribution in [-0.4, -0.2) is 31.4 Å². The van der Waals surface area contributed by atoms with Crippen molar-refractivity contribution < 1.29 is 9.59 Å². The fourth-order valence-electron chi connectivity index (χ4n) is 3.58. The van der Waals surface area contributed by atoms with Crippen molar-refractivity contribution in [3.8, 4) is 0 Å². The van der Waals surface area contributed by atoms with Crippen molar-refractivity contribution in [3.05, 3.63) is 53.6 Å². The highest BCUT2D eigenvalue weighted by Gasteiger charge is 2.25. The highest BCUT2D eigenvalue weighted by molar-refractivity contribution is 6.04. The normalized spacial score (nSPS) is 13.3. The number of para-hydroxylation sites is 1. The van der Waals surface area contributed by atoms with Crippen LogP contribution in [0.4, 0.5) is 17.1 Å². The van der Waals surface area contributed by atoms with Gasteiger partial charge in [0, 0.05) is 36.6 Å². The largest absolute Gasteiger partial charge is 0.372 e. The number of rotatable bonds is 6. The topological polar surface area (TPSA) is 52.7 Å². The summed E-state index contributed by atoms with van der Waals surface area (Å²) in [6, 6.07) is 13.8. The van der Waals surface area contributed by atoms with Crippen molar-refractivity contribution in [2.24, 2.45) is 0 Å². The van der Waals surface area contributed by atoms with Crippen LogP contribution >= 0.6 is 0 Å². The quantitative estimate of drug-likeness (QED) is 0.848. The van der Waals surface area contributed by atoms with Crippen LogP contribution in [0.5, 0.6) is 0 Å². The summed E-state index contributed by atoms with van der Waals surface area (Å²) in [5.74, 6) is -0.184. The maximum atomic E-state index is 12.6. The lowest BCUT2D eigenvalue weighted by atomic mass is 10.0. The van der Waals surface area contributed by atoms with E-state index < -0.39 is 0 Å². The number of hydrogen-bond donors (Lipinski definition) is 1. The number of nitrogens with one attached hydrogen (secondary N) is 1. The number of anilines is 3. The van der Waals surface area contributed by atoms with E-state index in [-0.39, 0.29) is 18.4 Å². The minimum absolute atomic E-state index is 0.00236. The average Bonchev–Trinajstić information content (AvgIpc) is 2.67. The van der Waals surface area contributed by atoms with Crippen LogP contribution in [0.3, 0.4) is 0 Å². The summed E-state index contributed by atoms with van der Waals surface area (Å²) >= 11 is 0. The molecule has 5 nitrogen and oxygen atoms in total. The molecule has 0 saturated carbocycles. The Hall–Kier alpha value is -2.82. The second-order valence-electron chi connectivity index (χ2n) is 6.83. The van der Waals surface area contributed by atoms with Crippen LogP contribution in [0.1, 0.15) is 31.4 Å².